The fourth-order valence-corrected chi connectivity index (χ4v) is 6.45. The van der Waals surface area contributed by atoms with E-state index >= 15 is 0 Å². The molecule has 2 aromatic rings. The summed E-state index contributed by atoms with van der Waals surface area (Å²) in [7, 11) is 3.91. The van der Waals surface area contributed by atoms with Crippen LogP contribution in [0.3, 0.4) is 0 Å². The van der Waals surface area contributed by atoms with Crippen LogP contribution in [0.15, 0.2) is 42.5 Å². The number of carbonyl (C=O) groups is 1. The van der Waals surface area contributed by atoms with Crippen LogP contribution in [-0.4, -0.2) is 16.5 Å². The first kappa shape index (κ1) is 22.6. The molecule has 0 unspecified atom stereocenters. The fourth-order valence-electron chi connectivity index (χ4n) is 3.15. The van der Waals surface area contributed by atoms with Crippen molar-refractivity contribution in [1.82, 2.24) is 0 Å². The maximum Gasteiger partial charge on any atom is 0.332 e. The van der Waals surface area contributed by atoms with Gasteiger partial charge in [0, 0.05) is 29.2 Å². The van der Waals surface area contributed by atoms with Crippen LogP contribution < -0.4 is 16.5 Å². The molecule has 1 aliphatic rings. The molecule has 1 saturated heterocycles. The summed E-state index contributed by atoms with van der Waals surface area (Å²) in [5.74, 6) is 0.676. The number of benzene rings is 2. The second-order valence-electron chi connectivity index (χ2n) is 7.67. The number of carbonyl (C=O) groups excluding carboxylic acids is 1. The van der Waals surface area contributed by atoms with Gasteiger partial charge in [-0.25, -0.2) is 14.7 Å². The fraction of sp³-hybridized carbons (Fsp3) is 0.409. The lowest BCUT2D eigenvalue weighted by molar-refractivity contribution is -0.140. The number of anilines is 3. The predicted molar refractivity (Wildman–Crippen MR) is 126 cm³/mol. The molecule has 2 aromatic carbocycles. The zero-order valence-corrected chi connectivity index (χ0v) is 18.7. The lowest BCUT2D eigenvalue weighted by Crippen LogP contribution is -2.16. The Labute approximate surface area is 185 Å². The van der Waals surface area contributed by atoms with Gasteiger partial charge in [-0.15, -0.1) is 0 Å². The molecule has 30 heavy (non-hydrogen) atoms. The van der Waals surface area contributed by atoms with Crippen molar-refractivity contribution >= 4 is 44.6 Å². The average molecular weight is 450 g/mol. The molecule has 3 rings (SSSR count). The smallest absolute Gasteiger partial charge is 0.332 e. The van der Waals surface area contributed by atoms with Crippen molar-refractivity contribution in [2.75, 3.05) is 22.3 Å². The maximum atomic E-state index is 13.0. The van der Waals surface area contributed by atoms with Gasteiger partial charge < -0.3 is 15.9 Å². The number of halogens is 1. The molecule has 0 spiro atoms. The number of rotatable bonds is 10. The Hall–Kier alpha value is -2.06. The first-order chi connectivity index (χ1) is 14.4. The predicted octanol–water partition coefficient (Wildman–Crippen LogP) is 5.99. The molecule has 4 N–H and O–H groups in total. The van der Waals surface area contributed by atoms with Gasteiger partial charge in [0.1, 0.15) is 5.82 Å². The zero-order valence-electron chi connectivity index (χ0n) is 17.1. The Balaban J connectivity index is 1.37. The van der Waals surface area contributed by atoms with Crippen LogP contribution in [0.2, 0.25) is 0 Å². The highest BCUT2D eigenvalue weighted by Crippen LogP contribution is 2.49. The molecule has 0 radical (unpaired) electrons. The first-order valence-corrected chi connectivity index (χ1v) is 12.4. The van der Waals surface area contributed by atoms with Gasteiger partial charge in [0.15, 0.2) is 0 Å². The van der Waals surface area contributed by atoms with E-state index in [0.717, 1.165) is 30.5 Å². The topological polar surface area (TPSA) is 76.4 Å². The molecule has 8 heteroatoms. The quantitative estimate of drug-likeness (QED) is 0.178. The second-order valence-corrected chi connectivity index (χ2v) is 10.7. The van der Waals surface area contributed by atoms with Gasteiger partial charge in [0.25, 0.3) is 0 Å². The Kier molecular flexibility index (Phi) is 8.16. The van der Waals surface area contributed by atoms with Gasteiger partial charge in [0.05, 0.1) is 11.4 Å². The standard InChI is InChI=1S/C22H28FN3O2S2/c1-22(12-13-29-30-22)11-3-2-4-21(27)28-26-20-10-9-18(14-19(20)24)25-15-16-5-7-17(23)8-6-16/h5-10,14,25-26H,2-4,11-13,15,24H2,1H3/t22-/m1/s1. The van der Waals surface area contributed by atoms with E-state index in [9.17, 15) is 9.18 Å². The maximum absolute atomic E-state index is 13.0. The van der Waals surface area contributed by atoms with E-state index < -0.39 is 0 Å². The van der Waals surface area contributed by atoms with Crippen molar-refractivity contribution in [2.45, 2.75) is 50.3 Å². The Morgan fingerprint density at radius 3 is 2.73 bits per heavy atom. The van der Waals surface area contributed by atoms with Gasteiger partial charge in [-0.05, 0) is 62.1 Å². The largest absolute Gasteiger partial charge is 0.397 e. The molecule has 0 bridgehead atoms. The number of hydrogen-bond donors (Lipinski definition) is 3. The van der Waals surface area contributed by atoms with E-state index in [0.29, 0.717) is 29.1 Å². The van der Waals surface area contributed by atoms with Gasteiger partial charge >= 0.3 is 5.97 Å². The summed E-state index contributed by atoms with van der Waals surface area (Å²) in [5.41, 5.74) is 11.5. The van der Waals surface area contributed by atoms with Crippen molar-refractivity contribution in [1.29, 1.82) is 0 Å². The van der Waals surface area contributed by atoms with Crippen molar-refractivity contribution in [3.8, 4) is 0 Å². The molecule has 0 aromatic heterocycles. The van der Waals surface area contributed by atoms with Gasteiger partial charge in [-0.1, -0.05) is 40.1 Å². The minimum Gasteiger partial charge on any atom is -0.397 e. The molecule has 1 fully saturated rings. The van der Waals surface area contributed by atoms with Crippen LogP contribution >= 0.6 is 21.6 Å². The molecular weight excluding hydrogens is 421 g/mol. The minimum absolute atomic E-state index is 0.255. The molecule has 1 atom stereocenters. The van der Waals surface area contributed by atoms with Gasteiger partial charge in [0.2, 0.25) is 0 Å². The molecule has 0 amide bonds. The molecule has 1 heterocycles. The minimum atomic E-state index is -0.286. The van der Waals surface area contributed by atoms with Crippen LogP contribution in [0.4, 0.5) is 21.5 Å². The van der Waals surface area contributed by atoms with E-state index in [2.05, 4.69) is 17.7 Å². The highest BCUT2D eigenvalue weighted by Gasteiger charge is 2.29. The number of nitrogen functional groups attached to an aromatic ring is 1. The molecule has 162 valence electrons. The normalized spacial score (nSPS) is 18.2. The summed E-state index contributed by atoms with van der Waals surface area (Å²) >= 11 is 0. The number of nitrogens with two attached hydrogens (primary N) is 1. The van der Waals surface area contributed by atoms with E-state index in [-0.39, 0.29) is 11.8 Å². The van der Waals surface area contributed by atoms with Crippen molar-refractivity contribution in [3.63, 3.8) is 0 Å². The van der Waals surface area contributed by atoms with Crippen molar-refractivity contribution in [2.24, 2.45) is 0 Å². The average Bonchev–Trinajstić information content (AvgIpc) is 3.17. The van der Waals surface area contributed by atoms with Crippen LogP contribution in [-0.2, 0) is 16.2 Å². The summed E-state index contributed by atoms with van der Waals surface area (Å²) in [5, 5.41) is 3.23. The Morgan fingerprint density at radius 1 is 1.23 bits per heavy atom. The number of hydrogen-bond acceptors (Lipinski definition) is 7. The van der Waals surface area contributed by atoms with Gasteiger partial charge in [-0.2, -0.15) is 0 Å². The van der Waals surface area contributed by atoms with E-state index in [1.165, 1.54) is 24.3 Å². The SMILES string of the molecule is C[C@@]1(CCCCC(=O)ONc2ccc(NCc3ccc(F)cc3)cc2N)CCSS1. The van der Waals surface area contributed by atoms with Crippen molar-refractivity contribution in [3.05, 3.63) is 53.8 Å². The first-order valence-electron chi connectivity index (χ1n) is 10.1. The summed E-state index contributed by atoms with van der Waals surface area (Å²) in [4.78, 5) is 17.1. The molecule has 0 saturated carbocycles. The Morgan fingerprint density at radius 2 is 2.03 bits per heavy atom. The van der Waals surface area contributed by atoms with Gasteiger partial charge in [-0.3, -0.25) is 0 Å². The molecule has 0 aliphatic carbocycles. The number of unbranched alkanes of at least 4 members (excludes halogenated alkanes) is 1. The summed E-state index contributed by atoms with van der Waals surface area (Å²) < 4.78 is 13.3. The molecular formula is C22H28FN3O2S2. The molecule has 1 aliphatic heterocycles. The number of nitrogens with one attached hydrogen (secondary N) is 2. The Bertz CT molecular complexity index is 843. The summed E-state index contributed by atoms with van der Waals surface area (Å²) in [6.07, 6.45) is 4.60. The molecule has 5 nitrogen and oxygen atoms in total. The van der Waals surface area contributed by atoms with Crippen LogP contribution in [0, 0.1) is 5.82 Å². The zero-order chi connectivity index (χ0) is 21.4. The third kappa shape index (κ3) is 7.02. The van der Waals surface area contributed by atoms with Crippen LogP contribution in [0.1, 0.15) is 44.6 Å². The monoisotopic (exact) mass is 449 g/mol. The van der Waals surface area contributed by atoms with E-state index in [1.54, 1.807) is 24.3 Å². The third-order valence-electron chi connectivity index (χ3n) is 5.05. The summed E-state index contributed by atoms with van der Waals surface area (Å²) in [6.45, 7) is 2.86. The van der Waals surface area contributed by atoms with E-state index in [1.807, 2.05) is 27.7 Å². The third-order valence-corrected chi connectivity index (χ3v) is 8.41. The lowest BCUT2D eigenvalue weighted by atomic mass is 9.99. The van der Waals surface area contributed by atoms with E-state index in [4.69, 9.17) is 10.6 Å². The second kappa shape index (κ2) is 10.8. The van der Waals surface area contributed by atoms with Crippen molar-refractivity contribution < 1.29 is 14.0 Å². The highest BCUT2D eigenvalue weighted by atomic mass is 33.1. The summed E-state index contributed by atoms with van der Waals surface area (Å²) in [6, 6.07) is 11.7. The van der Waals surface area contributed by atoms with Crippen LogP contribution in [0.5, 0.6) is 0 Å². The lowest BCUT2D eigenvalue weighted by Gasteiger charge is -2.20. The highest BCUT2D eigenvalue weighted by molar-refractivity contribution is 8.77. The van der Waals surface area contributed by atoms with Crippen LogP contribution in [0.25, 0.3) is 0 Å².